The van der Waals surface area contributed by atoms with E-state index in [0.717, 1.165) is 48.1 Å². The van der Waals surface area contributed by atoms with Crippen molar-refractivity contribution in [1.29, 1.82) is 0 Å². The highest BCUT2D eigenvalue weighted by atomic mass is 32.2. The summed E-state index contributed by atoms with van der Waals surface area (Å²) < 4.78 is 0.851. The van der Waals surface area contributed by atoms with E-state index in [-0.39, 0.29) is 5.91 Å². The van der Waals surface area contributed by atoms with Crippen LogP contribution in [-0.2, 0) is 11.2 Å². The molecule has 0 bridgehead atoms. The first kappa shape index (κ1) is 19.5. The fourth-order valence-electron chi connectivity index (χ4n) is 3.46. The first-order chi connectivity index (χ1) is 13.8. The first-order valence-corrected chi connectivity index (χ1v) is 11.8. The van der Waals surface area contributed by atoms with Gasteiger partial charge in [0.05, 0.1) is 5.75 Å². The van der Waals surface area contributed by atoms with E-state index in [9.17, 15) is 4.79 Å². The molecule has 2 aliphatic rings. The number of anilines is 1. The molecule has 1 amide bonds. The van der Waals surface area contributed by atoms with E-state index in [0.29, 0.717) is 11.8 Å². The van der Waals surface area contributed by atoms with Gasteiger partial charge in [-0.05, 0) is 50.5 Å². The fraction of sp³-hybridized carbons (Fsp3) is 0.476. The summed E-state index contributed by atoms with van der Waals surface area (Å²) >= 11 is 3.03. The molecular weight excluding hydrogens is 388 g/mol. The van der Waals surface area contributed by atoms with Crippen molar-refractivity contribution in [1.82, 2.24) is 15.1 Å². The van der Waals surface area contributed by atoms with Gasteiger partial charge in [0.25, 0.3) is 0 Å². The van der Waals surface area contributed by atoms with Crippen molar-refractivity contribution >= 4 is 34.1 Å². The van der Waals surface area contributed by atoms with Crippen LogP contribution in [0.15, 0.2) is 46.4 Å². The molecule has 0 saturated heterocycles. The molecule has 1 heterocycles. The molecule has 4 rings (SSSR count). The monoisotopic (exact) mass is 414 g/mol. The molecule has 2 aliphatic carbocycles. The molecule has 28 heavy (non-hydrogen) atoms. The van der Waals surface area contributed by atoms with Crippen LogP contribution in [0.1, 0.15) is 44.1 Å². The van der Waals surface area contributed by atoms with Crippen LogP contribution in [0.4, 0.5) is 5.13 Å². The largest absolute Gasteiger partial charge is 0.360 e. The van der Waals surface area contributed by atoms with Crippen LogP contribution < -0.4 is 5.32 Å². The lowest BCUT2D eigenvalue weighted by Crippen LogP contribution is -2.34. The third kappa shape index (κ3) is 5.35. The molecule has 0 aliphatic heterocycles. The predicted molar refractivity (Wildman–Crippen MR) is 116 cm³/mol. The number of thioether (sulfide) groups is 1. The zero-order valence-electron chi connectivity index (χ0n) is 16.0. The lowest BCUT2D eigenvalue weighted by atomic mass is 10.0. The second-order valence-corrected chi connectivity index (χ2v) is 9.46. The van der Waals surface area contributed by atoms with Gasteiger partial charge in [0.1, 0.15) is 0 Å². The highest BCUT2D eigenvalue weighted by molar-refractivity contribution is 8.01. The van der Waals surface area contributed by atoms with Crippen LogP contribution >= 0.6 is 23.1 Å². The third-order valence-corrected chi connectivity index (χ3v) is 7.01. The topological polar surface area (TPSA) is 58.1 Å². The van der Waals surface area contributed by atoms with Crippen molar-refractivity contribution in [2.75, 3.05) is 17.6 Å². The Balaban J connectivity index is 1.25. The standard InChI is InChI=1S/C21H26N4OS2/c26-19(25(18-11-12-18)17-9-5-2-6-10-17)15-27-21-24-23-20(28-21)22-14-13-16-7-3-1-4-8-16/h1,3-4,7-9,18H,2,5-6,10-15H2,(H,22,23). The highest BCUT2D eigenvalue weighted by Crippen LogP contribution is 2.35. The molecule has 1 aromatic heterocycles. The summed E-state index contributed by atoms with van der Waals surface area (Å²) in [6.07, 6.45) is 10.1. The number of carbonyl (C=O) groups excluding carboxylic acids is 1. The molecule has 5 nitrogen and oxygen atoms in total. The van der Waals surface area contributed by atoms with Gasteiger partial charge in [-0.25, -0.2) is 0 Å². The van der Waals surface area contributed by atoms with E-state index >= 15 is 0 Å². The Labute approximate surface area is 174 Å². The number of hydrogen-bond acceptors (Lipinski definition) is 6. The maximum absolute atomic E-state index is 12.8. The normalized spacial score (nSPS) is 16.5. The summed E-state index contributed by atoms with van der Waals surface area (Å²) in [5, 5.41) is 12.6. The van der Waals surface area contributed by atoms with Crippen LogP contribution in [0.2, 0.25) is 0 Å². The van der Waals surface area contributed by atoms with E-state index in [1.165, 1.54) is 47.2 Å². The molecular formula is C21H26N4OS2. The van der Waals surface area contributed by atoms with Crippen molar-refractivity contribution in [2.45, 2.75) is 55.3 Å². The molecule has 1 N–H and O–H groups in total. The summed E-state index contributed by atoms with van der Waals surface area (Å²) in [5.41, 5.74) is 2.55. The van der Waals surface area contributed by atoms with E-state index in [1.54, 1.807) is 0 Å². The van der Waals surface area contributed by atoms with Gasteiger partial charge in [-0.15, -0.1) is 10.2 Å². The van der Waals surface area contributed by atoms with E-state index in [2.05, 4.69) is 50.8 Å². The summed E-state index contributed by atoms with van der Waals surface area (Å²) in [5.74, 6) is 0.654. The van der Waals surface area contributed by atoms with E-state index < -0.39 is 0 Å². The number of allylic oxidation sites excluding steroid dienone is 2. The Morgan fingerprint density at radius 2 is 2.07 bits per heavy atom. The molecule has 2 aromatic rings. The molecule has 1 aromatic carbocycles. The predicted octanol–water partition coefficient (Wildman–Crippen LogP) is 4.73. The number of nitrogens with zero attached hydrogens (tertiary/aromatic N) is 3. The van der Waals surface area contributed by atoms with Crippen LogP contribution in [-0.4, -0.2) is 39.3 Å². The number of amides is 1. The minimum Gasteiger partial charge on any atom is -0.360 e. The SMILES string of the molecule is O=C(CSc1nnc(NCCc2ccccc2)s1)N(C1=CCCCC1)C1CC1. The lowest BCUT2D eigenvalue weighted by Gasteiger charge is -2.27. The van der Waals surface area contributed by atoms with Gasteiger partial charge in [-0.1, -0.05) is 59.5 Å². The molecule has 0 spiro atoms. The smallest absolute Gasteiger partial charge is 0.237 e. The van der Waals surface area contributed by atoms with Crippen LogP contribution in [0.3, 0.4) is 0 Å². The minimum absolute atomic E-state index is 0.217. The molecule has 1 saturated carbocycles. The fourth-order valence-corrected chi connectivity index (χ4v) is 5.10. The molecule has 0 unspecified atom stereocenters. The summed E-state index contributed by atoms with van der Waals surface area (Å²) in [6.45, 7) is 0.825. The number of rotatable bonds is 9. The highest BCUT2D eigenvalue weighted by Gasteiger charge is 2.34. The lowest BCUT2D eigenvalue weighted by molar-refractivity contribution is -0.127. The van der Waals surface area contributed by atoms with Crippen LogP contribution in [0.25, 0.3) is 0 Å². The Hall–Kier alpha value is -1.86. The van der Waals surface area contributed by atoms with Crippen LogP contribution in [0.5, 0.6) is 0 Å². The van der Waals surface area contributed by atoms with Crippen molar-refractivity contribution in [3.63, 3.8) is 0 Å². The van der Waals surface area contributed by atoms with Crippen molar-refractivity contribution < 1.29 is 4.79 Å². The maximum atomic E-state index is 12.8. The second-order valence-electron chi connectivity index (χ2n) is 7.26. The van der Waals surface area contributed by atoms with Gasteiger partial charge in [0.2, 0.25) is 11.0 Å². The van der Waals surface area contributed by atoms with Gasteiger partial charge < -0.3 is 10.2 Å². The Kier molecular flexibility index (Phi) is 6.65. The summed E-state index contributed by atoms with van der Waals surface area (Å²) in [4.78, 5) is 14.9. The quantitative estimate of drug-likeness (QED) is 0.601. The maximum Gasteiger partial charge on any atom is 0.237 e. The zero-order valence-corrected chi connectivity index (χ0v) is 17.6. The van der Waals surface area contributed by atoms with Crippen molar-refractivity contribution in [3.8, 4) is 0 Å². The summed E-state index contributed by atoms with van der Waals surface area (Å²) in [6, 6.07) is 10.8. The molecule has 0 atom stereocenters. The molecule has 1 fully saturated rings. The average molecular weight is 415 g/mol. The Morgan fingerprint density at radius 1 is 1.21 bits per heavy atom. The third-order valence-electron chi connectivity index (χ3n) is 5.02. The number of aromatic nitrogens is 2. The van der Waals surface area contributed by atoms with Crippen LogP contribution in [0, 0.1) is 0 Å². The van der Waals surface area contributed by atoms with Crippen molar-refractivity contribution in [3.05, 3.63) is 47.7 Å². The van der Waals surface area contributed by atoms with Gasteiger partial charge in [-0.3, -0.25) is 4.79 Å². The minimum atomic E-state index is 0.217. The summed E-state index contributed by atoms with van der Waals surface area (Å²) in [7, 11) is 0. The second kappa shape index (κ2) is 9.56. The number of carbonyl (C=O) groups is 1. The van der Waals surface area contributed by atoms with E-state index in [4.69, 9.17) is 0 Å². The molecule has 7 heteroatoms. The average Bonchev–Trinajstić information content (AvgIpc) is 3.46. The number of nitrogens with one attached hydrogen (secondary N) is 1. The van der Waals surface area contributed by atoms with E-state index in [1.807, 2.05) is 6.07 Å². The molecule has 148 valence electrons. The number of hydrogen-bond donors (Lipinski definition) is 1. The first-order valence-electron chi connectivity index (χ1n) is 10.0. The molecule has 0 radical (unpaired) electrons. The van der Waals surface area contributed by atoms with Gasteiger partial charge in [0.15, 0.2) is 4.34 Å². The Morgan fingerprint density at radius 3 is 2.82 bits per heavy atom. The van der Waals surface area contributed by atoms with Crippen molar-refractivity contribution in [2.24, 2.45) is 0 Å². The Bertz CT molecular complexity index is 817. The van der Waals surface area contributed by atoms with Gasteiger partial charge in [0, 0.05) is 18.3 Å². The zero-order chi connectivity index (χ0) is 19.2. The number of benzene rings is 1. The van der Waals surface area contributed by atoms with Gasteiger partial charge in [-0.2, -0.15) is 0 Å². The van der Waals surface area contributed by atoms with Gasteiger partial charge >= 0.3 is 0 Å².